The Morgan fingerprint density at radius 2 is 2.00 bits per heavy atom. The fourth-order valence-electron chi connectivity index (χ4n) is 4.10. The van der Waals surface area contributed by atoms with Crippen molar-refractivity contribution in [2.24, 2.45) is 5.92 Å². The van der Waals surface area contributed by atoms with Gasteiger partial charge in [-0.3, -0.25) is 9.09 Å². The van der Waals surface area contributed by atoms with Crippen LogP contribution in [0.1, 0.15) is 19.6 Å². The van der Waals surface area contributed by atoms with E-state index in [9.17, 15) is 49.7 Å². The normalized spacial score (nSPS) is 36.9. The Morgan fingerprint density at radius 1 is 1.34 bits per heavy atom. The molecule has 0 amide bonds. The highest BCUT2D eigenvalue weighted by Crippen LogP contribution is 2.52. The molecule has 216 valence electrons. The molecule has 3 heterocycles. The van der Waals surface area contributed by atoms with Crippen molar-refractivity contribution < 1.29 is 68.5 Å². The van der Waals surface area contributed by atoms with Crippen LogP contribution in [0, 0.1) is 5.92 Å². The van der Waals surface area contributed by atoms with Gasteiger partial charge in [-0.25, -0.2) is 18.7 Å². The number of carboxylic acids is 1. The lowest BCUT2D eigenvalue weighted by molar-refractivity contribution is -0.296. The first kappa shape index (κ1) is 30.5. The van der Waals surface area contributed by atoms with Crippen LogP contribution in [0.4, 0.5) is 5.82 Å². The highest BCUT2D eigenvalue weighted by atomic mass is 31.2. The molecule has 2 aliphatic rings. The molecule has 2 aliphatic heterocycles. The summed E-state index contributed by atoms with van der Waals surface area (Å²) in [6.07, 6.45) is -13.2. The number of carbonyl (C=O) groups is 1. The molecule has 1 aromatic heterocycles. The second-order valence-corrected chi connectivity index (χ2v) is 10.3. The second-order valence-electron chi connectivity index (χ2n) is 8.96. The summed E-state index contributed by atoms with van der Waals surface area (Å²) >= 11 is 0. The zero-order valence-corrected chi connectivity index (χ0v) is 20.7. The van der Waals surface area contributed by atoms with Gasteiger partial charge in [0, 0.05) is 18.5 Å². The Balaban J connectivity index is 1.74. The van der Waals surface area contributed by atoms with Crippen molar-refractivity contribution in [3.05, 3.63) is 22.7 Å². The Morgan fingerprint density at radius 3 is 2.58 bits per heavy atom. The van der Waals surface area contributed by atoms with Crippen LogP contribution in [-0.2, 0) is 27.9 Å². The number of aromatic nitrogens is 2. The zero-order chi connectivity index (χ0) is 28.6. The van der Waals surface area contributed by atoms with Gasteiger partial charge in [0.2, 0.25) is 0 Å². The minimum Gasteiger partial charge on any atom is -0.477 e. The third-order valence-electron chi connectivity index (χ3n) is 6.30. The summed E-state index contributed by atoms with van der Waals surface area (Å²) in [6.45, 7) is -0.559. The molecule has 0 aromatic carbocycles. The average Bonchev–Trinajstić information content (AvgIpc) is 3.12. The quantitative estimate of drug-likeness (QED) is 0.120. The Labute approximate surface area is 214 Å². The summed E-state index contributed by atoms with van der Waals surface area (Å²) < 4.78 is 33.7. The molecule has 3 rings (SSSR count). The van der Waals surface area contributed by atoms with Gasteiger partial charge in [0.1, 0.15) is 36.3 Å². The van der Waals surface area contributed by atoms with Gasteiger partial charge >= 0.3 is 19.5 Å². The molecule has 38 heavy (non-hydrogen) atoms. The SMILES string of the molecule is C[C@H]1C([C@H](O)[C@H](O)CO)O[C@](OP(=O)(O)OC[C@H]2O[C@@H](n3ccc(N)nc3=O)C(O)[C@H]2O)(C(=O)O)C[C@H]1O. The van der Waals surface area contributed by atoms with Gasteiger partial charge in [-0.1, -0.05) is 6.92 Å². The van der Waals surface area contributed by atoms with Crippen molar-refractivity contribution in [2.75, 3.05) is 18.9 Å². The van der Waals surface area contributed by atoms with Crippen LogP contribution in [0.3, 0.4) is 0 Å². The van der Waals surface area contributed by atoms with Crippen LogP contribution in [0.25, 0.3) is 0 Å². The first-order valence-electron chi connectivity index (χ1n) is 11.2. The molecule has 0 aliphatic carbocycles. The van der Waals surface area contributed by atoms with Gasteiger partial charge in [-0.15, -0.1) is 0 Å². The first-order valence-corrected chi connectivity index (χ1v) is 12.7. The van der Waals surface area contributed by atoms with Crippen molar-refractivity contribution >= 4 is 19.6 Å². The summed E-state index contributed by atoms with van der Waals surface area (Å²) in [7, 11) is -5.40. The van der Waals surface area contributed by atoms with Gasteiger partial charge in [-0.2, -0.15) is 4.98 Å². The number of nitrogens with zero attached hydrogens (tertiary/aromatic N) is 2. The Hall–Kier alpha value is -2.06. The smallest absolute Gasteiger partial charge is 0.475 e. The number of nitrogens with two attached hydrogens (primary N) is 1. The number of hydrogen-bond acceptors (Lipinski definition) is 15. The van der Waals surface area contributed by atoms with Gasteiger partial charge in [0.05, 0.1) is 25.4 Å². The highest BCUT2D eigenvalue weighted by Gasteiger charge is 2.57. The van der Waals surface area contributed by atoms with Crippen molar-refractivity contribution in [3.63, 3.8) is 0 Å². The van der Waals surface area contributed by atoms with E-state index in [4.69, 9.17) is 29.4 Å². The number of ether oxygens (including phenoxy) is 2. The number of nitrogen functional groups attached to an aromatic ring is 1. The van der Waals surface area contributed by atoms with Crippen molar-refractivity contribution in [1.82, 2.24) is 9.55 Å². The lowest BCUT2D eigenvalue weighted by Crippen LogP contribution is -2.61. The molecular formula is C19H30N3O15P. The zero-order valence-electron chi connectivity index (χ0n) is 19.8. The van der Waals surface area contributed by atoms with Crippen LogP contribution in [0.5, 0.6) is 0 Å². The minimum absolute atomic E-state index is 0.116. The molecular weight excluding hydrogens is 541 g/mol. The molecule has 18 nitrogen and oxygen atoms in total. The second kappa shape index (κ2) is 11.6. The Bertz CT molecular complexity index is 1110. The summed E-state index contributed by atoms with van der Waals surface area (Å²) in [5.41, 5.74) is 4.48. The number of anilines is 1. The maximum Gasteiger partial charge on any atom is 0.475 e. The van der Waals surface area contributed by atoms with Crippen molar-refractivity contribution in [2.45, 2.75) is 68.1 Å². The van der Waals surface area contributed by atoms with Crippen LogP contribution in [0.15, 0.2) is 17.1 Å². The van der Waals surface area contributed by atoms with Crippen molar-refractivity contribution in [3.8, 4) is 0 Å². The predicted molar refractivity (Wildman–Crippen MR) is 120 cm³/mol. The molecule has 2 fully saturated rings. The van der Waals surface area contributed by atoms with E-state index in [1.807, 2.05) is 0 Å². The third-order valence-corrected chi connectivity index (χ3v) is 7.30. The monoisotopic (exact) mass is 571 g/mol. The van der Waals surface area contributed by atoms with Crippen LogP contribution in [0.2, 0.25) is 0 Å². The Kier molecular flexibility index (Phi) is 9.29. The molecule has 0 bridgehead atoms. The molecule has 11 atom stereocenters. The number of rotatable bonds is 10. The van der Waals surface area contributed by atoms with E-state index < -0.39 is 99.8 Å². The molecule has 1 aromatic rings. The lowest BCUT2D eigenvalue weighted by atomic mass is 9.85. The van der Waals surface area contributed by atoms with E-state index in [1.165, 1.54) is 13.0 Å². The molecule has 0 saturated carbocycles. The number of carboxylic acid groups (broad SMARTS) is 1. The number of phosphoric ester groups is 1. The van der Waals surface area contributed by atoms with Crippen LogP contribution in [-0.4, -0.2) is 118 Å². The highest BCUT2D eigenvalue weighted by molar-refractivity contribution is 7.47. The lowest BCUT2D eigenvalue weighted by Gasteiger charge is -2.45. The maximum absolute atomic E-state index is 12.7. The fraction of sp³-hybridized carbons (Fsp3) is 0.737. The summed E-state index contributed by atoms with van der Waals surface area (Å²) in [4.78, 5) is 37.8. The van der Waals surface area contributed by atoms with Crippen molar-refractivity contribution in [1.29, 1.82) is 0 Å². The van der Waals surface area contributed by atoms with E-state index in [0.29, 0.717) is 0 Å². The topological polar surface area (TPSA) is 294 Å². The minimum atomic E-state index is -5.40. The van der Waals surface area contributed by atoms with Gasteiger partial charge in [0.25, 0.3) is 5.79 Å². The number of aliphatic carboxylic acids is 1. The van der Waals surface area contributed by atoms with Gasteiger partial charge in [-0.05, 0) is 6.07 Å². The summed E-state index contributed by atoms with van der Waals surface area (Å²) in [5.74, 6) is -6.15. The van der Waals surface area contributed by atoms with E-state index in [1.54, 1.807) is 0 Å². The van der Waals surface area contributed by atoms with Gasteiger partial charge in [0.15, 0.2) is 6.23 Å². The molecule has 0 spiro atoms. The third kappa shape index (κ3) is 6.22. The van der Waals surface area contributed by atoms with E-state index in [-0.39, 0.29) is 5.82 Å². The molecule has 10 N–H and O–H groups in total. The number of aliphatic hydroxyl groups is 6. The maximum atomic E-state index is 12.7. The molecule has 0 radical (unpaired) electrons. The standard InChI is InChI=1S/C19H30N3O15P/c1-7-8(24)4-19(17(29)30,36-15(7)12(26)9(25)5-23)37-38(32,33)34-6-10-13(27)14(28)16(35-10)22-3-2-11(20)21-18(22)31/h2-3,7-10,12-16,23-28H,4-6H2,1H3,(H,29,30)(H,32,33)(H2,20,21,31)/t7-,8-,9-,10-,12-,13+,14?,15?,16-,19-/m1/s1. The number of phosphoric acid groups is 1. The largest absolute Gasteiger partial charge is 0.477 e. The average molecular weight is 571 g/mol. The molecule has 19 heteroatoms. The van der Waals surface area contributed by atoms with Crippen LogP contribution < -0.4 is 11.4 Å². The molecule has 2 saturated heterocycles. The number of hydrogen-bond donors (Lipinski definition) is 9. The predicted octanol–water partition coefficient (Wildman–Crippen LogP) is -4.14. The van der Waals surface area contributed by atoms with Gasteiger partial charge < -0.3 is 55.8 Å². The van der Waals surface area contributed by atoms with E-state index in [0.717, 1.165) is 10.8 Å². The summed E-state index contributed by atoms with van der Waals surface area (Å²) in [6, 6.07) is 1.22. The fourth-order valence-corrected chi connectivity index (χ4v) is 5.05. The van der Waals surface area contributed by atoms with E-state index >= 15 is 0 Å². The summed E-state index contributed by atoms with van der Waals surface area (Å²) in [5, 5.41) is 69.7. The van der Waals surface area contributed by atoms with Crippen LogP contribution >= 0.6 is 7.82 Å². The first-order chi connectivity index (χ1) is 17.6. The molecule has 3 unspecified atom stereocenters. The van der Waals surface area contributed by atoms with E-state index in [2.05, 4.69) is 4.98 Å². The number of aliphatic hydroxyl groups excluding tert-OH is 6.